The summed E-state index contributed by atoms with van der Waals surface area (Å²) in [5.74, 6) is 0. The minimum atomic E-state index is 0.821. The van der Waals surface area contributed by atoms with Crippen LogP contribution in [0.3, 0.4) is 0 Å². The first kappa shape index (κ1) is 8.25. The summed E-state index contributed by atoms with van der Waals surface area (Å²) >= 11 is 0. The Labute approximate surface area is 80.9 Å². The van der Waals surface area contributed by atoms with Crippen molar-refractivity contribution in [3.05, 3.63) is 0 Å². The molecule has 0 bridgehead atoms. The van der Waals surface area contributed by atoms with Crippen molar-refractivity contribution in [3.8, 4) is 0 Å². The maximum Gasteiger partial charge on any atom is 0.0224 e. The van der Waals surface area contributed by atoms with Crippen molar-refractivity contribution in [2.24, 2.45) is 0 Å². The van der Waals surface area contributed by atoms with E-state index in [1.54, 1.807) is 0 Å². The van der Waals surface area contributed by atoms with Crippen molar-refractivity contribution in [1.82, 2.24) is 9.80 Å². The normalized spacial score (nSPS) is 42.2. The van der Waals surface area contributed by atoms with E-state index in [0.717, 1.165) is 18.1 Å². The van der Waals surface area contributed by atoms with E-state index < -0.39 is 0 Å². The minimum Gasteiger partial charge on any atom is -0.298 e. The van der Waals surface area contributed by atoms with Crippen LogP contribution in [0, 0.1) is 0 Å². The summed E-state index contributed by atoms with van der Waals surface area (Å²) in [5.41, 5.74) is 0. The molecule has 2 atom stereocenters. The first-order valence-corrected chi connectivity index (χ1v) is 5.84. The lowest BCUT2D eigenvalue weighted by Crippen LogP contribution is -2.55. The second-order valence-electron chi connectivity index (χ2n) is 5.07. The van der Waals surface area contributed by atoms with Gasteiger partial charge in [0.2, 0.25) is 0 Å². The number of rotatable bonds is 1. The van der Waals surface area contributed by atoms with Gasteiger partial charge < -0.3 is 0 Å². The molecule has 3 aliphatic rings. The van der Waals surface area contributed by atoms with Crippen LogP contribution in [0.4, 0.5) is 0 Å². The largest absolute Gasteiger partial charge is 0.298 e. The zero-order valence-electron chi connectivity index (χ0n) is 8.58. The Hall–Kier alpha value is -0.0800. The number of fused-ring (bicyclic) bond motifs is 1. The predicted molar refractivity (Wildman–Crippen MR) is 53.8 cm³/mol. The van der Waals surface area contributed by atoms with Gasteiger partial charge in [0.1, 0.15) is 0 Å². The van der Waals surface area contributed by atoms with Crippen LogP contribution in [-0.4, -0.2) is 47.6 Å². The number of hydrogen-bond acceptors (Lipinski definition) is 2. The van der Waals surface area contributed by atoms with Gasteiger partial charge >= 0.3 is 0 Å². The van der Waals surface area contributed by atoms with Crippen molar-refractivity contribution in [2.45, 2.75) is 50.7 Å². The van der Waals surface area contributed by atoms with Gasteiger partial charge in [-0.2, -0.15) is 0 Å². The summed E-state index contributed by atoms with van der Waals surface area (Å²) in [4.78, 5) is 5.48. The first-order chi connectivity index (χ1) is 6.34. The molecule has 2 heterocycles. The van der Waals surface area contributed by atoms with E-state index in [9.17, 15) is 0 Å². The second-order valence-corrected chi connectivity index (χ2v) is 5.07. The van der Waals surface area contributed by atoms with E-state index in [-0.39, 0.29) is 0 Å². The van der Waals surface area contributed by atoms with Gasteiger partial charge in [-0.1, -0.05) is 0 Å². The highest BCUT2D eigenvalue weighted by molar-refractivity contribution is 4.96. The molecule has 0 N–H and O–H groups in total. The summed E-state index contributed by atoms with van der Waals surface area (Å²) in [6.07, 6.45) is 5.83. The molecule has 0 amide bonds. The van der Waals surface area contributed by atoms with Gasteiger partial charge in [-0.05, 0) is 39.2 Å². The van der Waals surface area contributed by atoms with Crippen LogP contribution < -0.4 is 0 Å². The molecule has 2 nitrogen and oxygen atoms in total. The molecule has 1 saturated carbocycles. The van der Waals surface area contributed by atoms with Crippen molar-refractivity contribution < 1.29 is 0 Å². The molecule has 2 saturated heterocycles. The van der Waals surface area contributed by atoms with E-state index in [0.29, 0.717) is 0 Å². The van der Waals surface area contributed by atoms with Gasteiger partial charge in [0.25, 0.3) is 0 Å². The molecular weight excluding hydrogens is 160 g/mol. The molecule has 13 heavy (non-hydrogen) atoms. The van der Waals surface area contributed by atoms with Crippen molar-refractivity contribution in [1.29, 1.82) is 0 Å². The van der Waals surface area contributed by atoms with E-state index >= 15 is 0 Å². The monoisotopic (exact) mass is 180 g/mol. The average molecular weight is 180 g/mol. The Bertz CT molecular complexity index is 200. The quantitative estimate of drug-likeness (QED) is 0.600. The topological polar surface area (TPSA) is 6.48 Å². The van der Waals surface area contributed by atoms with Crippen LogP contribution >= 0.6 is 0 Å². The van der Waals surface area contributed by atoms with Crippen LogP contribution in [0.15, 0.2) is 0 Å². The molecule has 2 aliphatic heterocycles. The van der Waals surface area contributed by atoms with Gasteiger partial charge in [0.05, 0.1) is 0 Å². The molecule has 0 aromatic rings. The standard InChI is InChI=1S/C11H20N2/c1-9-7-12-6-2-3-11(12)8-13(9)10-4-5-10/h9-11H,2-8H2,1H3. The van der Waals surface area contributed by atoms with Crippen molar-refractivity contribution >= 4 is 0 Å². The Balaban J connectivity index is 1.70. The third-order valence-corrected chi connectivity index (χ3v) is 4.00. The molecule has 1 aliphatic carbocycles. The SMILES string of the molecule is CC1CN2CCCC2CN1C1CC1. The van der Waals surface area contributed by atoms with Crippen LogP contribution in [0.2, 0.25) is 0 Å². The molecular formula is C11H20N2. The lowest BCUT2D eigenvalue weighted by molar-refractivity contribution is 0.0537. The van der Waals surface area contributed by atoms with Crippen LogP contribution in [0.25, 0.3) is 0 Å². The van der Waals surface area contributed by atoms with E-state index in [1.807, 2.05) is 0 Å². The smallest absolute Gasteiger partial charge is 0.0224 e. The lowest BCUT2D eigenvalue weighted by atomic mass is 10.1. The van der Waals surface area contributed by atoms with Crippen molar-refractivity contribution in [2.75, 3.05) is 19.6 Å². The average Bonchev–Trinajstić information content (AvgIpc) is 2.85. The second kappa shape index (κ2) is 2.96. The third kappa shape index (κ3) is 1.40. The van der Waals surface area contributed by atoms with Crippen LogP contribution in [-0.2, 0) is 0 Å². The molecule has 3 rings (SSSR count). The maximum absolute atomic E-state index is 2.77. The molecule has 0 spiro atoms. The van der Waals surface area contributed by atoms with Crippen LogP contribution in [0.5, 0.6) is 0 Å². The van der Waals surface area contributed by atoms with Gasteiger partial charge in [-0.15, -0.1) is 0 Å². The highest BCUT2D eigenvalue weighted by atomic mass is 15.3. The molecule has 0 aromatic carbocycles. The fourth-order valence-corrected chi connectivity index (χ4v) is 3.12. The zero-order valence-corrected chi connectivity index (χ0v) is 8.58. The fourth-order valence-electron chi connectivity index (χ4n) is 3.12. The van der Waals surface area contributed by atoms with Gasteiger partial charge in [0, 0.05) is 31.2 Å². The Morgan fingerprint density at radius 1 is 1.00 bits per heavy atom. The molecule has 2 unspecified atom stereocenters. The van der Waals surface area contributed by atoms with Gasteiger partial charge in [-0.25, -0.2) is 0 Å². The van der Waals surface area contributed by atoms with Crippen LogP contribution in [0.1, 0.15) is 32.6 Å². The summed E-state index contributed by atoms with van der Waals surface area (Å²) < 4.78 is 0. The number of nitrogens with zero attached hydrogens (tertiary/aromatic N) is 2. The molecule has 0 radical (unpaired) electrons. The first-order valence-electron chi connectivity index (χ1n) is 5.84. The Morgan fingerprint density at radius 2 is 1.85 bits per heavy atom. The molecule has 0 aromatic heterocycles. The van der Waals surface area contributed by atoms with E-state index in [2.05, 4.69) is 16.7 Å². The van der Waals surface area contributed by atoms with Gasteiger partial charge in [0.15, 0.2) is 0 Å². The molecule has 2 heteroatoms. The molecule has 3 fully saturated rings. The third-order valence-electron chi connectivity index (χ3n) is 4.00. The van der Waals surface area contributed by atoms with Crippen molar-refractivity contribution in [3.63, 3.8) is 0 Å². The predicted octanol–water partition coefficient (Wildman–Crippen LogP) is 1.32. The zero-order chi connectivity index (χ0) is 8.84. The van der Waals surface area contributed by atoms with E-state index in [4.69, 9.17) is 0 Å². The highest BCUT2D eigenvalue weighted by Crippen LogP contribution is 2.33. The summed E-state index contributed by atoms with van der Waals surface area (Å²) in [6, 6.07) is 2.70. The van der Waals surface area contributed by atoms with Gasteiger partial charge in [-0.3, -0.25) is 9.80 Å². The minimum absolute atomic E-state index is 0.821. The summed E-state index contributed by atoms with van der Waals surface area (Å²) in [6.45, 7) is 6.48. The highest BCUT2D eigenvalue weighted by Gasteiger charge is 2.40. The Kier molecular flexibility index (Phi) is 1.88. The number of piperazine rings is 1. The summed E-state index contributed by atoms with van der Waals surface area (Å²) in [7, 11) is 0. The lowest BCUT2D eigenvalue weighted by Gasteiger charge is -2.42. The number of hydrogen-bond donors (Lipinski definition) is 0. The maximum atomic E-state index is 2.77. The summed E-state index contributed by atoms with van der Waals surface area (Å²) in [5, 5.41) is 0. The fraction of sp³-hybridized carbons (Fsp3) is 1.00. The molecule has 74 valence electrons. The van der Waals surface area contributed by atoms with E-state index in [1.165, 1.54) is 45.3 Å². The Morgan fingerprint density at radius 3 is 2.62 bits per heavy atom.